The van der Waals surface area contributed by atoms with Crippen LogP contribution in [0.15, 0.2) is 17.8 Å². The Morgan fingerprint density at radius 2 is 2.14 bits per heavy atom. The Morgan fingerprint density at radius 1 is 1.43 bits per heavy atom. The van der Waals surface area contributed by atoms with Gasteiger partial charge in [0, 0.05) is 17.8 Å². The van der Waals surface area contributed by atoms with Gasteiger partial charge < -0.3 is 9.67 Å². The number of alkyl halides is 3. The molecule has 21 heavy (non-hydrogen) atoms. The summed E-state index contributed by atoms with van der Waals surface area (Å²) in [4.78, 5) is 15.2. The molecule has 0 bridgehead atoms. The highest BCUT2D eigenvalue weighted by Gasteiger charge is 2.37. The lowest BCUT2D eigenvalue weighted by atomic mass is 10.2. The molecule has 0 aromatic carbocycles. The van der Waals surface area contributed by atoms with E-state index in [2.05, 4.69) is 4.98 Å². The summed E-state index contributed by atoms with van der Waals surface area (Å²) in [7, 11) is 0. The van der Waals surface area contributed by atoms with Gasteiger partial charge in [-0.2, -0.15) is 13.2 Å². The van der Waals surface area contributed by atoms with Gasteiger partial charge in [-0.25, -0.2) is 9.78 Å². The Kier molecular flexibility index (Phi) is 4.36. The SMILES string of the molecule is CCCc1nc(Cn2cc(C(=O)O)c(C(F)(F)F)c2)cs1. The van der Waals surface area contributed by atoms with Gasteiger partial charge in [-0.3, -0.25) is 0 Å². The zero-order valence-electron chi connectivity index (χ0n) is 11.1. The predicted molar refractivity (Wildman–Crippen MR) is 71.6 cm³/mol. The molecule has 2 heterocycles. The van der Waals surface area contributed by atoms with Crippen LogP contribution in [0.25, 0.3) is 0 Å². The van der Waals surface area contributed by atoms with Crippen molar-refractivity contribution < 1.29 is 23.1 Å². The Morgan fingerprint density at radius 3 is 2.67 bits per heavy atom. The number of carboxylic acid groups (broad SMARTS) is 1. The third-order valence-corrected chi connectivity index (χ3v) is 3.78. The minimum Gasteiger partial charge on any atom is -0.478 e. The lowest BCUT2D eigenvalue weighted by Crippen LogP contribution is -2.09. The van der Waals surface area contributed by atoms with Crippen LogP contribution in [0.5, 0.6) is 0 Å². The Balaban J connectivity index is 2.26. The topological polar surface area (TPSA) is 55.1 Å². The van der Waals surface area contributed by atoms with Gasteiger partial charge in [-0.1, -0.05) is 6.92 Å². The first-order valence-electron chi connectivity index (χ1n) is 6.24. The molecular formula is C13H13F3N2O2S. The van der Waals surface area contributed by atoms with Gasteiger partial charge in [0.25, 0.3) is 0 Å². The van der Waals surface area contributed by atoms with Crippen molar-refractivity contribution in [1.29, 1.82) is 0 Å². The van der Waals surface area contributed by atoms with Gasteiger partial charge in [-0.05, 0) is 12.8 Å². The number of carboxylic acids is 1. The molecule has 0 spiro atoms. The molecule has 0 aliphatic heterocycles. The first kappa shape index (κ1) is 15.6. The molecular weight excluding hydrogens is 305 g/mol. The van der Waals surface area contributed by atoms with Crippen molar-refractivity contribution in [3.63, 3.8) is 0 Å². The van der Waals surface area contributed by atoms with E-state index in [1.54, 1.807) is 5.38 Å². The van der Waals surface area contributed by atoms with Crippen LogP contribution in [0.2, 0.25) is 0 Å². The standard InChI is InChI=1S/C13H13F3N2O2S/c1-2-3-11-17-8(7-21-11)4-18-5-9(12(19)20)10(6-18)13(14,15)16/h5-7H,2-4H2,1H3,(H,19,20). The number of aryl methyl sites for hydroxylation is 1. The van der Waals surface area contributed by atoms with Crippen molar-refractivity contribution in [2.45, 2.75) is 32.5 Å². The van der Waals surface area contributed by atoms with E-state index in [0.29, 0.717) is 5.69 Å². The maximum atomic E-state index is 12.8. The molecule has 2 aromatic heterocycles. The zero-order valence-corrected chi connectivity index (χ0v) is 12.0. The van der Waals surface area contributed by atoms with Gasteiger partial charge in [0.05, 0.1) is 28.4 Å². The molecule has 2 aromatic rings. The number of hydrogen-bond acceptors (Lipinski definition) is 3. The van der Waals surface area contributed by atoms with Crippen LogP contribution in [0, 0.1) is 0 Å². The Labute approximate surface area is 122 Å². The molecule has 0 atom stereocenters. The van der Waals surface area contributed by atoms with Crippen LogP contribution >= 0.6 is 11.3 Å². The fraction of sp³-hybridized carbons (Fsp3) is 0.385. The van der Waals surface area contributed by atoms with Gasteiger partial charge >= 0.3 is 12.1 Å². The molecule has 0 unspecified atom stereocenters. The van der Waals surface area contributed by atoms with E-state index in [4.69, 9.17) is 5.11 Å². The van der Waals surface area contributed by atoms with Crippen LogP contribution in [0.4, 0.5) is 13.2 Å². The monoisotopic (exact) mass is 318 g/mol. The van der Waals surface area contributed by atoms with E-state index in [9.17, 15) is 18.0 Å². The Bertz CT molecular complexity index is 646. The quantitative estimate of drug-likeness (QED) is 0.915. The molecule has 0 aliphatic rings. The second-order valence-corrected chi connectivity index (χ2v) is 5.49. The highest BCUT2D eigenvalue weighted by molar-refractivity contribution is 7.09. The van der Waals surface area contributed by atoms with Gasteiger partial charge in [0.1, 0.15) is 0 Å². The summed E-state index contributed by atoms with van der Waals surface area (Å²) < 4.78 is 39.5. The third kappa shape index (κ3) is 3.63. The maximum absolute atomic E-state index is 12.8. The van der Waals surface area contributed by atoms with E-state index in [1.807, 2.05) is 6.92 Å². The predicted octanol–water partition coefficient (Wildman–Crippen LogP) is 3.66. The summed E-state index contributed by atoms with van der Waals surface area (Å²) in [5.74, 6) is -1.59. The first-order chi connectivity index (χ1) is 9.81. The fourth-order valence-corrected chi connectivity index (χ4v) is 2.82. The van der Waals surface area contributed by atoms with Gasteiger partial charge in [-0.15, -0.1) is 11.3 Å². The average Bonchev–Trinajstić information content (AvgIpc) is 2.96. The van der Waals surface area contributed by atoms with E-state index >= 15 is 0 Å². The highest BCUT2D eigenvalue weighted by atomic mass is 32.1. The van der Waals surface area contributed by atoms with Crippen LogP contribution in [-0.2, 0) is 19.1 Å². The lowest BCUT2D eigenvalue weighted by molar-refractivity contribution is -0.138. The number of aromatic nitrogens is 2. The smallest absolute Gasteiger partial charge is 0.418 e. The summed E-state index contributed by atoms with van der Waals surface area (Å²) in [6, 6.07) is 0. The number of hydrogen-bond donors (Lipinski definition) is 1. The molecule has 4 nitrogen and oxygen atoms in total. The summed E-state index contributed by atoms with van der Waals surface area (Å²) in [6.07, 6.45) is -1.12. The van der Waals surface area contributed by atoms with Crippen molar-refractivity contribution in [3.8, 4) is 0 Å². The van der Waals surface area contributed by atoms with Crippen LogP contribution < -0.4 is 0 Å². The molecule has 0 radical (unpaired) electrons. The summed E-state index contributed by atoms with van der Waals surface area (Å²) in [6.45, 7) is 2.14. The maximum Gasteiger partial charge on any atom is 0.418 e. The molecule has 0 fully saturated rings. The first-order valence-corrected chi connectivity index (χ1v) is 7.12. The number of thiazole rings is 1. The number of halogens is 3. The largest absolute Gasteiger partial charge is 0.478 e. The Hall–Kier alpha value is -1.83. The molecule has 0 saturated carbocycles. The minimum atomic E-state index is -4.69. The van der Waals surface area contributed by atoms with E-state index in [1.165, 1.54) is 15.9 Å². The number of rotatable bonds is 5. The molecule has 8 heteroatoms. The zero-order chi connectivity index (χ0) is 15.6. The van der Waals surface area contributed by atoms with Gasteiger partial charge in [0.2, 0.25) is 0 Å². The van der Waals surface area contributed by atoms with E-state index in [-0.39, 0.29) is 6.54 Å². The van der Waals surface area contributed by atoms with Crippen LogP contribution in [0.3, 0.4) is 0 Å². The molecule has 0 saturated heterocycles. The molecule has 2 rings (SSSR count). The number of aromatic carboxylic acids is 1. The number of carbonyl (C=O) groups is 1. The van der Waals surface area contributed by atoms with Crippen LogP contribution in [-0.4, -0.2) is 20.6 Å². The molecule has 0 aliphatic carbocycles. The van der Waals surface area contributed by atoms with Crippen molar-refractivity contribution in [2.24, 2.45) is 0 Å². The molecule has 114 valence electrons. The second kappa shape index (κ2) is 5.88. The lowest BCUT2D eigenvalue weighted by Gasteiger charge is -2.04. The minimum absolute atomic E-state index is 0.122. The normalized spacial score (nSPS) is 11.8. The second-order valence-electron chi connectivity index (χ2n) is 4.54. The van der Waals surface area contributed by atoms with Crippen molar-refractivity contribution in [3.05, 3.63) is 39.6 Å². The van der Waals surface area contributed by atoms with Crippen LogP contribution in [0.1, 0.15) is 40.0 Å². The van der Waals surface area contributed by atoms with Crippen molar-refractivity contribution >= 4 is 17.3 Å². The summed E-state index contributed by atoms with van der Waals surface area (Å²) in [5, 5.41) is 11.6. The van der Waals surface area contributed by atoms with E-state index in [0.717, 1.165) is 30.2 Å². The van der Waals surface area contributed by atoms with Gasteiger partial charge in [0.15, 0.2) is 0 Å². The summed E-state index contributed by atoms with van der Waals surface area (Å²) in [5.41, 5.74) is -1.25. The average molecular weight is 318 g/mol. The summed E-state index contributed by atoms with van der Waals surface area (Å²) >= 11 is 1.45. The number of nitrogens with zero attached hydrogens (tertiary/aromatic N) is 2. The van der Waals surface area contributed by atoms with Crippen molar-refractivity contribution in [2.75, 3.05) is 0 Å². The molecule has 1 N–H and O–H groups in total. The van der Waals surface area contributed by atoms with Crippen molar-refractivity contribution in [1.82, 2.24) is 9.55 Å². The highest BCUT2D eigenvalue weighted by Crippen LogP contribution is 2.33. The fourth-order valence-electron chi connectivity index (χ4n) is 1.93. The van der Waals surface area contributed by atoms with E-state index < -0.39 is 23.3 Å². The third-order valence-electron chi connectivity index (χ3n) is 2.82. The molecule has 0 amide bonds.